The zero-order valence-electron chi connectivity index (χ0n) is 9.99. The summed E-state index contributed by atoms with van der Waals surface area (Å²) in [4.78, 5) is 0. The molecule has 2 N–H and O–H groups in total. The van der Waals surface area contributed by atoms with E-state index in [0.717, 1.165) is 17.4 Å². The topological polar surface area (TPSA) is 87.2 Å². The molecule has 0 radical (unpaired) electrons. The first-order valence-corrected chi connectivity index (χ1v) is 6.96. The van der Waals surface area contributed by atoms with Crippen molar-refractivity contribution in [2.24, 2.45) is 7.05 Å². The van der Waals surface area contributed by atoms with Gasteiger partial charge >= 0.3 is 10.1 Å². The first kappa shape index (κ1) is 12.4. The van der Waals surface area contributed by atoms with Crippen LogP contribution in [-0.2, 0) is 17.2 Å². The van der Waals surface area contributed by atoms with Gasteiger partial charge in [0.25, 0.3) is 0 Å². The summed E-state index contributed by atoms with van der Waals surface area (Å²) in [5, 5.41) is 4.04. The number of hydrogen-bond acceptors (Lipinski definition) is 5. The number of nitrogens with two attached hydrogens (primary N) is 1. The highest BCUT2D eigenvalue weighted by atomic mass is 32.2. The summed E-state index contributed by atoms with van der Waals surface area (Å²) in [6.07, 6.45) is 2.65. The Bertz CT molecular complexity index is 659. The quantitative estimate of drug-likeness (QED) is 0.838. The van der Waals surface area contributed by atoms with Crippen molar-refractivity contribution in [2.75, 3.05) is 12.0 Å². The summed E-state index contributed by atoms with van der Waals surface area (Å²) < 4.78 is 28.2. The summed E-state index contributed by atoms with van der Waals surface area (Å²) in [6.45, 7) is 0. The van der Waals surface area contributed by atoms with Crippen LogP contribution in [0.4, 0.5) is 5.82 Å². The number of aromatic nitrogens is 2. The molecule has 0 aliphatic rings. The molecule has 2 rings (SSSR count). The van der Waals surface area contributed by atoms with Gasteiger partial charge in [-0.15, -0.1) is 0 Å². The number of anilines is 1. The van der Waals surface area contributed by atoms with Gasteiger partial charge in [-0.25, -0.2) is 0 Å². The van der Waals surface area contributed by atoms with Gasteiger partial charge in [-0.3, -0.25) is 4.68 Å². The highest BCUT2D eigenvalue weighted by Crippen LogP contribution is 2.27. The van der Waals surface area contributed by atoms with Crippen molar-refractivity contribution < 1.29 is 12.6 Å². The highest BCUT2D eigenvalue weighted by molar-refractivity contribution is 7.86. The SMILES string of the molecule is Cn1ncc(-c2ccc(OS(C)(=O)=O)cc2)c1N. The Morgan fingerprint density at radius 2 is 1.89 bits per heavy atom. The Kier molecular flexibility index (Phi) is 3.00. The fourth-order valence-corrected chi connectivity index (χ4v) is 1.99. The van der Waals surface area contributed by atoms with Crippen LogP contribution in [0.15, 0.2) is 30.5 Å². The maximum Gasteiger partial charge on any atom is 0.306 e. The maximum absolute atomic E-state index is 11.0. The average molecular weight is 267 g/mol. The number of aryl methyl sites for hydroxylation is 1. The first-order valence-electron chi connectivity index (χ1n) is 5.14. The molecule has 0 fully saturated rings. The summed E-state index contributed by atoms with van der Waals surface area (Å²) >= 11 is 0. The fourth-order valence-electron chi connectivity index (χ4n) is 1.53. The van der Waals surface area contributed by atoms with Gasteiger partial charge in [-0.05, 0) is 17.7 Å². The number of benzene rings is 1. The Balaban J connectivity index is 2.31. The molecule has 1 heterocycles. The van der Waals surface area contributed by atoms with Crippen LogP contribution in [0.5, 0.6) is 5.75 Å². The van der Waals surface area contributed by atoms with Crippen LogP contribution in [0.2, 0.25) is 0 Å². The van der Waals surface area contributed by atoms with E-state index in [2.05, 4.69) is 5.10 Å². The standard InChI is InChI=1S/C11H13N3O3S/c1-14-11(12)10(7-13-14)8-3-5-9(6-4-8)17-18(2,15)16/h3-7H,12H2,1-2H3. The second-order valence-electron chi connectivity index (χ2n) is 3.88. The van der Waals surface area contributed by atoms with Gasteiger partial charge in [0.15, 0.2) is 0 Å². The fraction of sp³-hybridized carbons (Fsp3) is 0.182. The second kappa shape index (κ2) is 4.34. The third-order valence-electron chi connectivity index (χ3n) is 2.40. The van der Waals surface area contributed by atoms with Gasteiger partial charge in [0.1, 0.15) is 11.6 Å². The summed E-state index contributed by atoms with van der Waals surface area (Å²) in [5.74, 6) is 0.815. The van der Waals surface area contributed by atoms with Crippen LogP contribution >= 0.6 is 0 Å². The number of rotatable bonds is 3. The normalized spacial score (nSPS) is 11.4. The van der Waals surface area contributed by atoms with E-state index in [4.69, 9.17) is 9.92 Å². The highest BCUT2D eigenvalue weighted by Gasteiger charge is 2.08. The molecule has 0 aliphatic heterocycles. The first-order chi connectivity index (χ1) is 8.37. The minimum atomic E-state index is -3.50. The van der Waals surface area contributed by atoms with Gasteiger partial charge in [0, 0.05) is 12.6 Å². The van der Waals surface area contributed by atoms with Crippen molar-refractivity contribution in [1.82, 2.24) is 9.78 Å². The molecule has 0 spiro atoms. The predicted molar refractivity (Wildman–Crippen MR) is 68.5 cm³/mol. The minimum absolute atomic E-state index is 0.267. The largest absolute Gasteiger partial charge is 0.383 e. The van der Waals surface area contributed by atoms with Crippen molar-refractivity contribution in [3.63, 3.8) is 0 Å². The molecule has 7 heteroatoms. The van der Waals surface area contributed by atoms with Crippen molar-refractivity contribution >= 4 is 15.9 Å². The minimum Gasteiger partial charge on any atom is -0.383 e. The maximum atomic E-state index is 11.0. The van der Waals surface area contributed by atoms with Crippen LogP contribution in [0, 0.1) is 0 Å². The predicted octanol–water partition coefficient (Wildman–Crippen LogP) is 1.01. The van der Waals surface area contributed by atoms with Gasteiger partial charge in [-0.2, -0.15) is 13.5 Å². The molecule has 0 aliphatic carbocycles. The summed E-state index contributed by atoms with van der Waals surface area (Å²) in [7, 11) is -1.75. The molecule has 0 unspecified atom stereocenters. The van der Waals surface area contributed by atoms with Crippen molar-refractivity contribution in [3.8, 4) is 16.9 Å². The molecule has 1 aromatic heterocycles. The zero-order valence-corrected chi connectivity index (χ0v) is 10.8. The Morgan fingerprint density at radius 1 is 1.28 bits per heavy atom. The molecule has 96 valence electrons. The Morgan fingerprint density at radius 3 is 2.33 bits per heavy atom. The molecule has 0 amide bonds. The van der Waals surface area contributed by atoms with Crippen LogP contribution in [-0.4, -0.2) is 24.5 Å². The van der Waals surface area contributed by atoms with E-state index in [-0.39, 0.29) is 5.75 Å². The van der Waals surface area contributed by atoms with Gasteiger partial charge in [-0.1, -0.05) is 12.1 Å². The molecule has 18 heavy (non-hydrogen) atoms. The molecule has 0 bridgehead atoms. The number of nitrogens with zero attached hydrogens (tertiary/aromatic N) is 2. The Labute approximate surface area is 105 Å². The van der Waals surface area contributed by atoms with Crippen LogP contribution in [0.1, 0.15) is 0 Å². The zero-order chi connectivity index (χ0) is 13.3. The summed E-state index contributed by atoms with van der Waals surface area (Å²) in [5.41, 5.74) is 7.49. The van der Waals surface area contributed by atoms with Crippen LogP contribution < -0.4 is 9.92 Å². The average Bonchev–Trinajstić information content (AvgIpc) is 2.59. The van der Waals surface area contributed by atoms with Crippen molar-refractivity contribution in [1.29, 1.82) is 0 Å². The van der Waals surface area contributed by atoms with E-state index < -0.39 is 10.1 Å². The van der Waals surface area contributed by atoms with E-state index in [0.29, 0.717) is 5.82 Å². The lowest BCUT2D eigenvalue weighted by atomic mass is 10.1. The number of nitrogen functional groups attached to an aromatic ring is 1. The molecule has 6 nitrogen and oxygen atoms in total. The molecular formula is C11H13N3O3S. The summed E-state index contributed by atoms with van der Waals surface area (Å²) in [6, 6.07) is 6.60. The molecule has 0 saturated heterocycles. The van der Waals surface area contributed by atoms with Crippen LogP contribution in [0.3, 0.4) is 0 Å². The molecule has 0 atom stereocenters. The van der Waals surface area contributed by atoms with E-state index >= 15 is 0 Å². The second-order valence-corrected chi connectivity index (χ2v) is 5.45. The van der Waals surface area contributed by atoms with Crippen molar-refractivity contribution in [3.05, 3.63) is 30.5 Å². The van der Waals surface area contributed by atoms with E-state index in [1.165, 1.54) is 0 Å². The smallest absolute Gasteiger partial charge is 0.306 e. The van der Waals surface area contributed by atoms with Crippen molar-refractivity contribution in [2.45, 2.75) is 0 Å². The third-order valence-corrected chi connectivity index (χ3v) is 2.89. The van der Waals surface area contributed by atoms with E-state index in [9.17, 15) is 8.42 Å². The molecule has 0 saturated carbocycles. The molecule has 2 aromatic rings. The van der Waals surface area contributed by atoms with Crippen LogP contribution in [0.25, 0.3) is 11.1 Å². The van der Waals surface area contributed by atoms with Gasteiger partial charge in [0.2, 0.25) is 0 Å². The van der Waals surface area contributed by atoms with E-state index in [1.54, 1.807) is 42.2 Å². The third kappa shape index (κ3) is 2.62. The van der Waals surface area contributed by atoms with Gasteiger partial charge < -0.3 is 9.92 Å². The lowest BCUT2D eigenvalue weighted by Gasteiger charge is -2.04. The molecular weight excluding hydrogens is 254 g/mol. The Hall–Kier alpha value is -2.02. The lowest BCUT2D eigenvalue weighted by molar-refractivity contribution is 0.493. The van der Waals surface area contributed by atoms with Gasteiger partial charge in [0.05, 0.1) is 12.5 Å². The lowest BCUT2D eigenvalue weighted by Crippen LogP contribution is -2.05. The van der Waals surface area contributed by atoms with E-state index in [1.807, 2.05) is 0 Å². The number of hydrogen-bond donors (Lipinski definition) is 1. The molecule has 1 aromatic carbocycles. The monoisotopic (exact) mass is 267 g/mol.